The maximum Gasteiger partial charge on any atom is 0.248 e. The van der Waals surface area contributed by atoms with E-state index in [0.29, 0.717) is 11.8 Å². The van der Waals surface area contributed by atoms with Gasteiger partial charge in [0.25, 0.3) is 0 Å². The first-order valence-corrected chi connectivity index (χ1v) is 18.3. The highest BCUT2D eigenvalue weighted by Crippen LogP contribution is 2.42. The zero-order chi connectivity index (χ0) is 36.3. The number of nitrogens with zero attached hydrogens (tertiary/aromatic N) is 2. The normalized spacial score (nSPS) is 11.6. The van der Waals surface area contributed by atoms with Gasteiger partial charge in [-0.3, -0.25) is 0 Å². The first-order valence-electron chi connectivity index (χ1n) is 18.3. The minimum atomic E-state index is 0.443. The molecule has 0 aliphatic heterocycles. The maximum absolute atomic E-state index is 6.69. The first kappa shape index (κ1) is 31.1. The van der Waals surface area contributed by atoms with Gasteiger partial charge in [0.1, 0.15) is 22.3 Å². The van der Waals surface area contributed by atoms with E-state index in [9.17, 15) is 0 Å². The Hall–Kier alpha value is -7.50. The van der Waals surface area contributed by atoms with Gasteiger partial charge in [0.2, 0.25) is 11.8 Å². The first-order chi connectivity index (χ1) is 27.3. The zero-order valence-corrected chi connectivity index (χ0v) is 29.4. The summed E-state index contributed by atoms with van der Waals surface area (Å²) in [6, 6.07) is 62.4. The van der Waals surface area contributed by atoms with Gasteiger partial charge in [-0.1, -0.05) is 158 Å². The molecule has 0 saturated heterocycles. The van der Waals surface area contributed by atoms with E-state index in [1.807, 2.05) is 36.4 Å². The summed E-state index contributed by atoms with van der Waals surface area (Å²) in [5, 5.41) is 13.3. The van der Waals surface area contributed by atoms with Gasteiger partial charge >= 0.3 is 0 Å². The minimum Gasteiger partial charge on any atom is -0.455 e. The summed E-state index contributed by atoms with van der Waals surface area (Å²) in [7, 11) is 0. The van der Waals surface area contributed by atoms with Gasteiger partial charge in [0.05, 0.1) is 0 Å². The summed E-state index contributed by atoms with van der Waals surface area (Å²) in [6.07, 6.45) is 0. The topological polar surface area (TPSA) is 65.2 Å². The van der Waals surface area contributed by atoms with E-state index in [2.05, 4.69) is 156 Å². The second-order valence-electron chi connectivity index (χ2n) is 13.7. The minimum absolute atomic E-state index is 0.443. The van der Waals surface area contributed by atoms with Crippen molar-refractivity contribution in [1.82, 2.24) is 10.2 Å². The molecule has 0 aliphatic rings. The Morgan fingerprint density at radius 3 is 0.945 bits per heavy atom. The second kappa shape index (κ2) is 12.6. The van der Waals surface area contributed by atoms with Crippen molar-refractivity contribution < 1.29 is 13.3 Å². The molecule has 0 bridgehead atoms. The average molecular weight is 707 g/mol. The smallest absolute Gasteiger partial charge is 0.248 e. The number of hydrogen-bond donors (Lipinski definition) is 0. The SMILES string of the molecule is c1ccc(-c2cccc3c2oc2c(-c4cccc(-c5nnc(-c6cccc(-c7cccc8c7oc7c(-c9ccccc9)cccc78)c6)o5)c4)cccc23)cc1. The van der Waals surface area contributed by atoms with Crippen molar-refractivity contribution in [2.75, 3.05) is 0 Å². The molecule has 0 amide bonds. The van der Waals surface area contributed by atoms with Crippen LogP contribution >= 0.6 is 0 Å². The second-order valence-corrected chi connectivity index (χ2v) is 13.7. The molecule has 3 aromatic heterocycles. The number of rotatable bonds is 6. The van der Waals surface area contributed by atoms with Crippen molar-refractivity contribution >= 4 is 43.9 Å². The van der Waals surface area contributed by atoms with Gasteiger partial charge in [-0.25, -0.2) is 0 Å². The summed E-state index contributed by atoms with van der Waals surface area (Å²) in [4.78, 5) is 0. The molecule has 3 heterocycles. The van der Waals surface area contributed by atoms with Crippen LogP contribution in [0.4, 0.5) is 0 Å². The van der Waals surface area contributed by atoms with Crippen molar-refractivity contribution in [3.63, 3.8) is 0 Å². The largest absolute Gasteiger partial charge is 0.455 e. The van der Waals surface area contributed by atoms with Crippen LogP contribution in [0.15, 0.2) is 195 Å². The Balaban J connectivity index is 0.948. The molecule has 0 aliphatic carbocycles. The molecule has 11 rings (SSSR count). The number of fused-ring (bicyclic) bond motifs is 6. The molecular formula is C50H30N2O3. The molecule has 0 saturated carbocycles. The monoisotopic (exact) mass is 706 g/mol. The van der Waals surface area contributed by atoms with Crippen LogP contribution in [0.1, 0.15) is 0 Å². The van der Waals surface area contributed by atoms with Gasteiger partial charge in [-0.15, -0.1) is 10.2 Å². The standard InChI is InChI=1S/C50H30N2O3/c1-3-13-31(14-4-1)37-21-9-25-41-43-27-11-23-39(47(43)53-45(37)41)33-17-7-19-35(29-33)49-51-52-50(55-49)36-20-8-18-34(30-36)40-24-12-28-44-42-26-10-22-38(46(42)54-48(40)44)32-15-5-2-6-16-32/h1-30H. The van der Waals surface area contributed by atoms with Crippen LogP contribution in [0.2, 0.25) is 0 Å². The lowest BCUT2D eigenvalue weighted by Gasteiger charge is -2.05. The van der Waals surface area contributed by atoms with Crippen LogP contribution in [0.5, 0.6) is 0 Å². The van der Waals surface area contributed by atoms with E-state index < -0.39 is 0 Å². The third kappa shape index (κ3) is 5.17. The van der Waals surface area contributed by atoms with Crippen LogP contribution in [0, 0.1) is 0 Å². The maximum atomic E-state index is 6.69. The molecule has 11 aromatic rings. The predicted octanol–water partition coefficient (Wildman–Crippen LogP) is 13.9. The Morgan fingerprint density at radius 1 is 0.255 bits per heavy atom. The van der Waals surface area contributed by atoms with Crippen molar-refractivity contribution in [2.24, 2.45) is 0 Å². The number of furan rings is 2. The summed E-state index contributed by atoms with van der Waals surface area (Å²) in [5.41, 5.74) is 13.5. The van der Waals surface area contributed by atoms with Gasteiger partial charge in [0, 0.05) is 54.9 Å². The summed E-state index contributed by atoms with van der Waals surface area (Å²) in [5.74, 6) is 0.886. The van der Waals surface area contributed by atoms with Crippen LogP contribution in [-0.2, 0) is 0 Å². The number of benzene rings is 8. The van der Waals surface area contributed by atoms with Crippen LogP contribution in [0.25, 0.3) is 111 Å². The lowest BCUT2D eigenvalue weighted by molar-refractivity contribution is 0.584. The summed E-state index contributed by atoms with van der Waals surface area (Å²) in [6.45, 7) is 0. The van der Waals surface area contributed by atoms with Crippen molar-refractivity contribution in [3.05, 3.63) is 182 Å². The van der Waals surface area contributed by atoms with E-state index in [0.717, 1.165) is 99.5 Å². The number of para-hydroxylation sites is 4. The Morgan fingerprint density at radius 2 is 0.564 bits per heavy atom. The highest BCUT2D eigenvalue weighted by molar-refractivity contribution is 6.14. The van der Waals surface area contributed by atoms with E-state index >= 15 is 0 Å². The van der Waals surface area contributed by atoms with Crippen LogP contribution in [0.3, 0.4) is 0 Å². The molecule has 0 fully saturated rings. The molecule has 5 heteroatoms. The van der Waals surface area contributed by atoms with Gasteiger partial charge in [-0.2, -0.15) is 0 Å². The average Bonchev–Trinajstić information content (AvgIpc) is 4.01. The van der Waals surface area contributed by atoms with E-state index in [1.54, 1.807) is 0 Å². The quantitative estimate of drug-likeness (QED) is 0.172. The molecule has 258 valence electrons. The fourth-order valence-electron chi connectivity index (χ4n) is 7.88. The molecule has 0 N–H and O–H groups in total. The predicted molar refractivity (Wildman–Crippen MR) is 221 cm³/mol. The van der Waals surface area contributed by atoms with Crippen LogP contribution < -0.4 is 0 Å². The molecule has 8 aromatic carbocycles. The van der Waals surface area contributed by atoms with Crippen molar-refractivity contribution in [2.45, 2.75) is 0 Å². The van der Waals surface area contributed by atoms with E-state index in [1.165, 1.54) is 0 Å². The molecular weight excluding hydrogens is 677 g/mol. The van der Waals surface area contributed by atoms with Gasteiger partial charge in [-0.05, 0) is 46.5 Å². The third-order valence-corrected chi connectivity index (χ3v) is 10.5. The van der Waals surface area contributed by atoms with E-state index in [-0.39, 0.29) is 0 Å². The molecule has 55 heavy (non-hydrogen) atoms. The van der Waals surface area contributed by atoms with Gasteiger partial charge < -0.3 is 13.3 Å². The molecule has 0 radical (unpaired) electrons. The molecule has 5 nitrogen and oxygen atoms in total. The molecule has 0 spiro atoms. The fourth-order valence-corrected chi connectivity index (χ4v) is 7.88. The Bertz CT molecular complexity index is 2990. The molecule has 0 unspecified atom stereocenters. The van der Waals surface area contributed by atoms with Crippen molar-refractivity contribution in [1.29, 1.82) is 0 Å². The summed E-state index contributed by atoms with van der Waals surface area (Å²) >= 11 is 0. The van der Waals surface area contributed by atoms with Crippen molar-refractivity contribution in [3.8, 4) is 67.4 Å². The number of hydrogen-bond acceptors (Lipinski definition) is 5. The summed E-state index contributed by atoms with van der Waals surface area (Å²) < 4.78 is 19.7. The Labute approximate surface area is 315 Å². The highest BCUT2D eigenvalue weighted by Gasteiger charge is 2.19. The lowest BCUT2D eigenvalue weighted by Crippen LogP contribution is -1.82. The third-order valence-electron chi connectivity index (χ3n) is 10.5. The Kier molecular flexibility index (Phi) is 7.10. The fraction of sp³-hybridized carbons (Fsp3) is 0. The van der Waals surface area contributed by atoms with Gasteiger partial charge in [0.15, 0.2) is 0 Å². The van der Waals surface area contributed by atoms with Crippen LogP contribution in [-0.4, -0.2) is 10.2 Å². The lowest BCUT2D eigenvalue weighted by atomic mass is 9.99. The highest BCUT2D eigenvalue weighted by atomic mass is 16.4. The van der Waals surface area contributed by atoms with E-state index in [4.69, 9.17) is 13.3 Å². The molecule has 0 atom stereocenters. The number of aromatic nitrogens is 2. The zero-order valence-electron chi connectivity index (χ0n) is 29.4.